The van der Waals surface area contributed by atoms with Gasteiger partial charge in [0.15, 0.2) is 6.29 Å². The number of nitro groups is 1. The smallest absolute Gasteiger partial charge is 0.375 e. The number of H-pyrrole nitrogens is 1. The standard InChI is InChI=1S/C15H8N6O6/c22-6-7-1-2-19(5-7)10-4-9-8(3-11(10)21(26)27)16-14(23)13-17-12(15(24)25)18-20(9)13/h1-6H,(H,16,23)(H,24,25). The maximum Gasteiger partial charge on any atom is 0.375 e. The number of carbonyl (C=O) groups is 2. The Kier molecular flexibility index (Phi) is 3.34. The van der Waals surface area contributed by atoms with Crippen LogP contribution in [0.15, 0.2) is 35.4 Å². The molecule has 0 saturated carbocycles. The fourth-order valence-corrected chi connectivity index (χ4v) is 2.72. The molecule has 1 aromatic carbocycles. The van der Waals surface area contributed by atoms with Crippen molar-refractivity contribution in [1.29, 1.82) is 0 Å². The molecular formula is C15H8N6O6. The molecule has 0 spiro atoms. The number of aromatic carboxylic acids is 1. The van der Waals surface area contributed by atoms with Gasteiger partial charge in [0.25, 0.3) is 17.1 Å². The van der Waals surface area contributed by atoms with Gasteiger partial charge >= 0.3 is 5.97 Å². The second-order valence-electron chi connectivity index (χ2n) is 5.52. The highest BCUT2D eigenvalue weighted by Crippen LogP contribution is 2.28. The van der Waals surface area contributed by atoms with Crippen molar-refractivity contribution in [2.24, 2.45) is 0 Å². The minimum absolute atomic E-state index is 0.0764. The van der Waals surface area contributed by atoms with Gasteiger partial charge in [0.2, 0.25) is 5.65 Å². The van der Waals surface area contributed by atoms with Crippen LogP contribution in [0, 0.1) is 10.1 Å². The van der Waals surface area contributed by atoms with Crippen LogP contribution in [-0.2, 0) is 0 Å². The van der Waals surface area contributed by atoms with Crippen LogP contribution < -0.4 is 5.56 Å². The molecule has 0 aliphatic carbocycles. The van der Waals surface area contributed by atoms with Gasteiger partial charge in [-0.1, -0.05) is 0 Å². The summed E-state index contributed by atoms with van der Waals surface area (Å²) in [6.07, 6.45) is 3.45. The lowest BCUT2D eigenvalue weighted by atomic mass is 10.2. The molecule has 12 nitrogen and oxygen atoms in total. The Morgan fingerprint density at radius 1 is 1.37 bits per heavy atom. The zero-order chi connectivity index (χ0) is 19.3. The van der Waals surface area contributed by atoms with Gasteiger partial charge in [0, 0.05) is 24.0 Å². The summed E-state index contributed by atoms with van der Waals surface area (Å²) >= 11 is 0. The molecule has 0 atom stereocenters. The number of nitrogens with zero attached hydrogens (tertiary/aromatic N) is 5. The molecule has 134 valence electrons. The van der Waals surface area contributed by atoms with Crippen molar-refractivity contribution < 1.29 is 19.6 Å². The van der Waals surface area contributed by atoms with E-state index in [-0.39, 0.29) is 28.1 Å². The lowest BCUT2D eigenvalue weighted by molar-refractivity contribution is -0.384. The summed E-state index contributed by atoms with van der Waals surface area (Å²) in [4.78, 5) is 51.1. The minimum atomic E-state index is -1.42. The van der Waals surface area contributed by atoms with E-state index < -0.39 is 22.3 Å². The maximum atomic E-state index is 12.1. The SMILES string of the molecule is O=Cc1ccn(-c2cc3c(cc2[N+](=O)[O-])[nH]c(=O)c2nc(C(=O)O)nn23)c1. The van der Waals surface area contributed by atoms with Crippen molar-refractivity contribution in [3.05, 3.63) is 62.4 Å². The molecule has 4 aromatic rings. The third-order valence-electron chi connectivity index (χ3n) is 3.90. The number of aromatic nitrogens is 5. The van der Waals surface area contributed by atoms with Crippen LogP contribution in [0.4, 0.5) is 5.69 Å². The molecule has 12 heteroatoms. The number of benzene rings is 1. The molecule has 0 aliphatic heterocycles. The van der Waals surface area contributed by atoms with Crippen molar-refractivity contribution in [3.63, 3.8) is 0 Å². The number of carboxylic acid groups (broad SMARTS) is 1. The highest BCUT2D eigenvalue weighted by Gasteiger charge is 2.21. The van der Waals surface area contributed by atoms with Gasteiger partial charge in [0.05, 0.1) is 16.0 Å². The molecule has 3 aromatic heterocycles. The van der Waals surface area contributed by atoms with Crippen LogP contribution in [0.1, 0.15) is 21.0 Å². The second-order valence-corrected chi connectivity index (χ2v) is 5.52. The normalized spacial score (nSPS) is 11.1. The van der Waals surface area contributed by atoms with Gasteiger partial charge in [-0.3, -0.25) is 19.7 Å². The fraction of sp³-hybridized carbons (Fsp3) is 0. The number of nitrogens with one attached hydrogen (secondary N) is 1. The number of rotatable bonds is 4. The third kappa shape index (κ3) is 2.43. The van der Waals surface area contributed by atoms with E-state index in [0.717, 1.165) is 10.6 Å². The summed E-state index contributed by atoms with van der Waals surface area (Å²) in [6.45, 7) is 0. The highest BCUT2D eigenvalue weighted by molar-refractivity contribution is 5.87. The van der Waals surface area contributed by atoms with Crippen LogP contribution in [-0.4, -0.2) is 46.4 Å². The summed E-state index contributed by atoms with van der Waals surface area (Å²) < 4.78 is 2.38. The molecule has 0 bridgehead atoms. The maximum absolute atomic E-state index is 12.1. The van der Waals surface area contributed by atoms with Gasteiger partial charge < -0.3 is 14.7 Å². The number of aldehydes is 1. The Bertz CT molecular complexity index is 1330. The van der Waals surface area contributed by atoms with Gasteiger partial charge in [0.1, 0.15) is 5.69 Å². The first kappa shape index (κ1) is 16.1. The zero-order valence-electron chi connectivity index (χ0n) is 13.2. The average molecular weight is 368 g/mol. The number of nitro benzene ring substituents is 1. The lowest BCUT2D eigenvalue weighted by Crippen LogP contribution is -2.12. The first-order chi connectivity index (χ1) is 12.9. The predicted molar refractivity (Wildman–Crippen MR) is 89.4 cm³/mol. The average Bonchev–Trinajstić information content (AvgIpc) is 3.28. The van der Waals surface area contributed by atoms with E-state index in [0.29, 0.717) is 11.8 Å². The van der Waals surface area contributed by atoms with Crippen molar-refractivity contribution in [2.75, 3.05) is 0 Å². The van der Waals surface area contributed by atoms with Crippen molar-refractivity contribution in [2.45, 2.75) is 0 Å². The van der Waals surface area contributed by atoms with Crippen molar-refractivity contribution >= 4 is 34.6 Å². The van der Waals surface area contributed by atoms with E-state index in [4.69, 9.17) is 5.11 Å². The second kappa shape index (κ2) is 5.59. The molecule has 27 heavy (non-hydrogen) atoms. The van der Waals surface area contributed by atoms with E-state index in [9.17, 15) is 24.5 Å². The number of fused-ring (bicyclic) bond motifs is 3. The van der Waals surface area contributed by atoms with Gasteiger partial charge in [-0.05, 0) is 12.1 Å². The first-order valence-corrected chi connectivity index (χ1v) is 7.37. The molecule has 3 heterocycles. The Balaban J connectivity index is 2.12. The summed E-state index contributed by atoms with van der Waals surface area (Å²) in [5.41, 5.74) is -0.649. The van der Waals surface area contributed by atoms with E-state index in [1.807, 2.05) is 0 Å². The third-order valence-corrected chi connectivity index (χ3v) is 3.90. The summed E-state index contributed by atoms with van der Waals surface area (Å²) in [5.74, 6) is -2.01. The summed E-state index contributed by atoms with van der Waals surface area (Å²) in [6, 6.07) is 3.96. The van der Waals surface area contributed by atoms with E-state index in [1.165, 1.54) is 29.1 Å². The first-order valence-electron chi connectivity index (χ1n) is 7.37. The Morgan fingerprint density at radius 3 is 2.78 bits per heavy atom. The highest BCUT2D eigenvalue weighted by atomic mass is 16.6. The van der Waals surface area contributed by atoms with Gasteiger partial charge in [-0.25, -0.2) is 9.31 Å². The van der Waals surface area contributed by atoms with Gasteiger partial charge in [-0.15, -0.1) is 5.10 Å². The molecular weight excluding hydrogens is 360 g/mol. The molecule has 2 N–H and O–H groups in total. The number of carboxylic acids is 1. The van der Waals surface area contributed by atoms with Gasteiger partial charge in [-0.2, -0.15) is 4.98 Å². The Morgan fingerprint density at radius 2 is 2.15 bits per heavy atom. The van der Waals surface area contributed by atoms with Crippen LogP contribution in [0.3, 0.4) is 0 Å². The van der Waals surface area contributed by atoms with Crippen LogP contribution in [0.25, 0.3) is 22.4 Å². The minimum Gasteiger partial charge on any atom is -0.475 e. The molecule has 0 unspecified atom stereocenters. The molecule has 4 rings (SSSR count). The summed E-state index contributed by atoms with van der Waals surface area (Å²) in [7, 11) is 0. The quantitative estimate of drug-likeness (QED) is 0.303. The Hall–Kier alpha value is -4.35. The van der Waals surface area contributed by atoms with Crippen LogP contribution in [0.2, 0.25) is 0 Å². The largest absolute Gasteiger partial charge is 0.475 e. The number of aromatic amines is 1. The monoisotopic (exact) mass is 368 g/mol. The number of carbonyl (C=O) groups excluding carboxylic acids is 1. The molecule has 0 radical (unpaired) electrons. The number of hydrogen-bond acceptors (Lipinski definition) is 7. The molecule has 0 amide bonds. The van der Waals surface area contributed by atoms with E-state index in [2.05, 4.69) is 15.1 Å². The van der Waals surface area contributed by atoms with E-state index >= 15 is 0 Å². The molecule has 0 fully saturated rings. The topological polar surface area (TPSA) is 165 Å². The zero-order valence-corrected chi connectivity index (χ0v) is 13.2. The Labute approximate surface area is 147 Å². The van der Waals surface area contributed by atoms with Crippen LogP contribution >= 0.6 is 0 Å². The van der Waals surface area contributed by atoms with E-state index in [1.54, 1.807) is 0 Å². The number of hydrogen-bond donors (Lipinski definition) is 2. The predicted octanol–water partition coefficient (Wildman–Crippen LogP) is 0.780. The van der Waals surface area contributed by atoms with Crippen molar-refractivity contribution in [3.8, 4) is 5.69 Å². The molecule has 0 saturated heterocycles. The lowest BCUT2D eigenvalue weighted by Gasteiger charge is -2.07. The van der Waals surface area contributed by atoms with Crippen molar-refractivity contribution in [1.82, 2.24) is 24.1 Å². The molecule has 0 aliphatic rings. The fourth-order valence-electron chi connectivity index (χ4n) is 2.72. The summed E-state index contributed by atoms with van der Waals surface area (Å²) in [5, 5.41) is 24.3. The van der Waals surface area contributed by atoms with Crippen LogP contribution in [0.5, 0.6) is 0 Å².